The van der Waals surface area contributed by atoms with Gasteiger partial charge >= 0.3 is 0 Å². The molecule has 3 rings (SSSR count). The molecule has 0 aliphatic carbocycles. The summed E-state index contributed by atoms with van der Waals surface area (Å²) in [6.45, 7) is 1.55. The van der Waals surface area contributed by atoms with Crippen molar-refractivity contribution in [3.8, 4) is 10.7 Å². The van der Waals surface area contributed by atoms with Crippen LogP contribution in [0.1, 0.15) is 16.6 Å². The van der Waals surface area contributed by atoms with Crippen LogP contribution in [-0.2, 0) is 7.05 Å². The van der Waals surface area contributed by atoms with E-state index < -0.39 is 0 Å². The highest BCUT2D eigenvalue weighted by molar-refractivity contribution is 7.17. The Morgan fingerprint density at radius 3 is 2.89 bits per heavy atom. The lowest BCUT2D eigenvalue weighted by Gasteiger charge is -1.96. The third-order valence-electron chi connectivity index (χ3n) is 2.66. The monoisotopic (exact) mass is 258 g/mol. The van der Waals surface area contributed by atoms with E-state index in [0.29, 0.717) is 11.5 Å². The molecule has 18 heavy (non-hydrogen) atoms. The number of imidazole rings is 1. The number of ketones is 1. The van der Waals surface area contributed by atoms with Gasteiger partial charge < -0.3 is 4.57 Å². The van der Waals surface area contributed by atoms with Gasteiger partial charge in [-0.25, -0.2) is 15.0 Å². The van der Waals surface area contributed by atoms with Crippen LogP contribution in [0, 0.1) is 0 Å². The van der Waals surface area contributed by atoms with Crippen molar-refractivity contribution in [2.24, 2.45) is 7.05 Å². The number of nitrogens with zero attached hydrogens (tertiary/aromatic N) is 4. The third-order valence-corrected chi connectivity index (χ3v) is 3.84. The van der Waals surface area contributed by atoms with E-state index in [2.05, 4.69) is 15.0 Å². The number of rotatable bonds is 2. The molecule has 0 radical (unpaired) electrons. The number of thiophene rings is 1. The van der Waals surface area contributed by atoms with E-state index in [4.69, 9.17) is 0 Å². The van der Waals surface area contributed by atoms with Crippen LogP contribution >= 0.6 is 11.3 Å². The van der Waals surface area contributed by atoms with Crippen LogP contribution in [0.4, 0.5) is 0 Å². The van der Waals surface area contributed by atoms with E-state index in [9.17, 15) is 4.79 Å². The molecule has 0 N–H and O–H groups in total. The normalized spacial score (nSPS) is 11.0. The Labute approximate surface area is 107 Å². The highest BCUT2D eigenvalue weighted by atomic mass is 32.1. The fourth-order valence-electron chi connectivity index (χ4n) is 1.68. The summed E-state index contributed by atoms with van der Waals surface area (Å²) in [7, 11) is 1.90. The van der Waals surface area contributed by atoms with Gasteiger partial charge in [0.25, 0.3) is 0 Å². The Bertz CT molecular complexity index is 743. The van der Waals surface area contributed by atoms with E-state index >= 15 is 0 Å². The molecule has 0 aliphatic rings. The third kappa shape index (κ3) is 1.70. The number of aromatic nitrogens is 4. The first kappa shape index (κ1) is 11.0. The molecule has 0 saturated heterocycles. The zero-order chi connectivity index (χ0) is 12.7. The molecule has 3 heterocycles. The number of aryl methyl sites for hydroxylation is 1. The molecule has 0 fully saturated rings. The predicted octanol–water partition coefficient (Wildman–Crippen LogP) is 2.29. The first-order valence-corrected chi connectivity index (χ1v) is 6.22. The lowest BCUT2D eigenvalue weighted by molar-refractivity contribution is 0.102. The number of fused-ring (bicyclic) bond motifs is 1. The van der Waals surface area contributed by atoms with Gasteiger partial charge in [0.1, 0.15) is 5.52 Å². The maximum absolute atomic E-state index is 11.3. The van der Waals surface area contributed by atoms with Gasteiger partial charge in [-0.05, 0) is 19.1 Å². The van der Waals surface area contributed by atoms with Crippen molar-refractivity contribution in [2.45, 2.75) is 6.92 Å². The highest BCUT2D eigenvalue weighted by Gasteiger charge is 2.10. The summed E-state index contributed by atoms with van der Waals surface area (Å²) >= 11 is 1.40. The van der Waals surface area contributed by atoms with Gasteiger partial charge in [-0.1, -0.05) is 0 Å². The molecule has 0 aromatic carbocycles. The second kappa shape index (κ2) is 3.99. The predicted molar refractivity (Wildman–Crippen MR) is 69.6 cm³/mol. The van der Waals surface area contributed by atoms with Gasteiger partial charge in [0.05, 0.1) is 22.3 Å². The summed E-state index contributed by atoms with van der Waals surface area (Å²) in [5, 5.41) is 0. The smallest absolute Gasteiger partial charge is 0.181 e. The van der Waals surface area contributed by atoms with E-state index in [0.717, 1.165) is 15.3 Å². The van der Waals surface area contributed by atoms with Crippen LogP contribution in [0.3, 0.4) is 0 Å². The Kier molecular flexibility index (Phi) is 2.45. The SMILES string of the molecule is CC(=O)c1ccc(-c2ncc3c(ncn3C)n2)s1. The summed E-state index contributed by atoms with van der Waals surface area (Å²) in [5.74, 6) is 0.670. The quantitative estimate of drug-likeness (QED) is 0.662. The minimum Gasteiger partial charge on any atom is -0.331 e. The number of Topliss-reactive ketones (excluding diaryl/α,β-unsaturated/α-hetero) is 1. The van der Waals surface area contributed by atoms with Crippen LogP contribution < -0.4 is 0 Å². The molecule has 6 heteroatoms. The number of carbonyl (C=O) groups excluding carboxylic acids is 1. The Morgan fingerprint density at radius 1 is 1.33 bits per heavy atom. The second-order valence-electron chi connectivity index (χ2n) is 3.98. The molecule has 3 aromatic rings. The van der Waals surface area contributed by atoms with Gasteiger partial charge in [0.2, 0.25) is 0 Å². The van der Waals surface area contributed by atoms with Crippen molar-refractivity contribution in [3.05, 3.63) is 29.5 Å². The average Bonchev–Trinajstić information content (AvgIpc) is 2.96. The molecular weight excluding hydrogens is 248 g/mol. The Morgan fingerprint density at radius 2 is 2.17 bits per heavy atom. The second-order valence-corrected chi connectivity index (χ2v) is 5.06. The minimum atomic E-state index is 0.0603. The van der Waals surface area contributed by atoms with E-state index in [1.165, 1.54) is 11.3 Å². The number of carbonyl (C=O) groups is 1. The molecule has 0 amide bonds. The maximum atomic E-state index is 11.3. The van der Waals surface area contributed by atoms with Gasteiger partial charge in [-0.15, -0.1) is 11.3 Å². The molecule has 0 saturated carbocycles. The summed E-state index contributed by atoms with van der Waals surface area (Å²) in [5.41, 5.74) is 1.56. The highest BCUT2D eigenvalue weighted by Crippen LogP contribution is 2.26. The molecule has 3 aromatic heterocycles. The van der Waals surface area contributed by atoms with E-state index in [1.54, 1.807) is 25.5 Å². The Hall–Kier alpha value is -2.08. The van der Waals surface area contributed by atoms with Crippen LogP contribution in [0.5, 0.6) is 0 Å². The first-order valence-electron chi connectivity index (χ1n) is 5.40. The van der Waals surface area contributed by atoms with Crippen molar-refractivity contribution in [2.75, 3.05) is 0 Å². The molecule has 0 atom stereocenters. The fourth-order valence-corrected chi connectivity index (χ4v) is 2.52. The van der Waals surface area contributed by atoms with Crippen molar-refractivity contribution in [1.29, 1.82) is 0 Å². The molecular formula is C12H10N4OS. The van der Waals surface area contributed by atoms with Gasteiger partial charge in [0.15, 0.2) is 17.3 Å². The average molecular weight is 258 g/mol. The minimum absolute atomic E-state index is 0.0603. The first-order chi connectivity index (χ1) is 8.65. The number of hydrogen-bond donors (Lipinski definition) is 0. The Balaban J connectivity index is 2.10. The van der Waals surface area contributed by atoms with Gasteiger partial charge in [-0.2, -0.15) is 0 Å². The summed E-state index contributed by atoms with van der Waals surface area (Å²) in [6, 6.07) is 3.67. The molecule has 0 unspecified atom stereocenters. The maximum Gasteiger partial charge on any atom is 0.181 e. The fraction of sp³-hybridized carbons (Fsp3) is 0.167. The molecule has 5 nitrogen and oxygen atoms in total. The van der Waals surface area contributed by atoms with Crippen LogP contribution in [-0.4, -0.2) is 25.3 Å². The lowest BCUT2D eigenvalue weighted by Crippen LogP contribution is -1.90. The zero-order valence-corrected chi connectivity index (χ0v) is 10.7. The largest absolute Gasteiger partial charge is 0.331 e. The topological polar surface area (TPSA) is 60.7 Å². The van der Waals surface area contributed by atoms with Crippen LogP contribution in [0.2, 0.25) is 0 Å². The van der Waals surface area contributed by atoms with Crippen LogP contribution in [0.15, 0.2) is 24.7 Å². The zero-order valence-electron chi connectivity index (χ0n) is 9.91. The van der Waals surface area contributed by atoms with Crippen molar-refractivity contribution >= 4 is 28.3 Å². The van der Waals surface area contributed by atoms with E-state index in [1.807, 2.05) is 17.7 Å². The lowest BCUT2D eigenvalue weighted by atomic mass is 10.3. The standard InChI is InChI=1S/C12H10N4OS/c1-7(17)9-3-4-10(18-9)12-13-5-8-11(15-12)14-6-16(8)2/h3-6H,1-2H3. The molecule has 90 valence electrons. The summed E-state index contributed by atoms with van der Waals surface area (Å²) in [6.07, 6.45) is 3.45. The number of hydrogen-bond acceptors (Lipinski definition) is 5. The molecule has 0 bridgehead atoms. The molecule has 0 aliphatic heterocycles. The molecule has 0 spiro atoms. The van der Waals surface area contributed by atoms with Crippen LogP contribution in [0.25, 0.3) is 21.9 Å². The van der Waals surface area contributed by atoms with Crippen molar-refractivity contribution in [1.82, 2.24) is 19.5 Å². The summed E-state index contributed by atoms with van der Waals surface area (Å²) < 4.78 is 1.87. The van der Waals surface area contributed by atoms with E-state index in [-0.39, 0.29) is 5.78 Å². The summed E-state index contributed by atoms with van der Waals surface area (Å²) in [4.78, 5) is 25.8. The van der Waals surface area contributed by atoms with Crippen molar-refractivity contribution in [3.63, 3.8) is 0 Å². The van der Waals surface area contributed by atoms with Gasteiger partial charge in [-0.3, -0.25) is 4.79 Å². The van der Waals surface area contributed by atoms with Crippen molar-refractivity contribution < 1.29 is 4.79 Å². The van der Waals surface area contributed by atoms with Gasteiger partial charge in [0, 0.05) is 7.05 Å².